The van der Waals surface area contributed by atoms with Gasteiger partial charge in [-0.15, -0.1) is 12.4 Å². The number of carbonyl (C=O) groups excluding carboxylic acids is 1. The number of carbonyl (C=O) groups is 1. The van der Waals surface area contributed by atoms with Crippen LogP contribution in [0.3, 0.4) is 0 Å². The summed E-state index contributed by atoms with van der Waals surface area (Å²) in [6.45, 7) is 2.06. The van der Waals surface area contributed by atoms with Crippen molar-refractivity contribution in [2.24, 2.45) is 0 Å². The first kappa shape index (κ1) is 10.7. The van der Waals surface area contributed by atoms with E-state index in [4.69, 9.17) is 0 Å². The van der Waals surface area contributed by atoms with E-state index in [1.54, 1.807) is 0 Å². The molecular formula is C10H10BrClO. The van der Waals surface area contributed by atoms with Crippen LogP contribution in [0.1, 0.15) is 27.9 Å². The number of halogens is 2. The molecule has 0 amide bonds. The molecule has 0 bridgehead atoms. The summed E-state index contributed by atoms with van der Waals surface area (Å²) >= 11 is 3.46. The molecule has 0 atom stereocenters. The van der Waals surface area contributed by atoms with Crippen LogP contribution in [0.25, 0.3) is 0 Å². The predicted octanol–water partition coefficient (Wildman–Crippen LogP) is 3.31. The van der Waals surface area contributed by atoms with E-state index >= 15 is 0 Å². The SMILES string of the molecule is Cc1c(Br)ccc2c1CCC2=O.Cl. The standard InChI is InChI=1S/C10H9BrO.ClH/c1-6-7-3-5-10(12)8(7)2-4-9(6)11;/h2,4H,3,5H2,1H3;1H. The fourth-order valence-corrected chi connectivity index (χ4v) is 2.06. The average molecular weight is 262 g/mol. The molecule has 0 aromatic heterocycles. The number of hydrogen-bond donors (Lipinski definition) is 0. The third kappa shape index (κ3) is 1.65. The maximum atomic E-state index is 11.3. The zero-order valence-electron chi connectivity index (χ0n) is 7.26. The van der Waals surface area contributed by atoms with Crippen molar-refractivity contribution in [1.29, 1.82) is 0 Å². The normalized spacial score (nSPS) is 13.8. The Labute approximate surface area is 92.1 Å². The first-order valence-corrected chi connectivity index (χ1v) is 4.80. The summed E-state index contributed by atoms with van der Waals surface area (Å²) in [5.74, 6) is 0.292. The van der Waals surface area contributed by atoms with Crippen LogP contribution in [0.4, 0.5) is 0 Å². The molecule has 0 fully saturated rings. The van der Waals surface area contributed by atoms with Crippen LogP contribution in [0, 0.1) is 6.92 Å². The molecule has 13 heavy (non-hydrogen) atoms. The molecule has 0 aliphatic heterocycles. The molecule has 3 heteroatoms. The van der Waals surface area contributed by atoms with Crippen molar-refractivity contribution >= 4 is 34.1 Å². The van der Waals surface area contributed by atoms with Crippen molar-refractivity contribution in [1.82, 2.24) is 0 Å². The summed E-state index contributed by atoms with van der Waals surface area (Å²) < 4.78 is 1.11. The Hall–Kier alpha value is -0.340. The molecule has 0 saturated carbocycles. The smallest absolute Gasteiger partial charge is 0.163 e. The Morgan fingerprint density at radius 1 is 1.31 bits per heavy atom. The molecule has 1 aromatic carbocycles. The van der Waals surface area contributed by atoms with E-state index in [2.05, 4.69) is 22.9 Å². The lowest BCUT2D eigenvalue weighted by Crippen LogP contribution is -1.92. The number of fused-ring (bicyclic) bond motifs is 1. The molecule has 1 nitrogen and oxygen atoms in total. The zero-order valence-corrected chi connectivity index (χ0v) is 9.67. The molecule has 70 valence electrons. The van der Waals surface area contributed by atoms with Gasteiger partial charge in [-0.2, -0.15) is 0 Å². The van der Waals surface area contributed by atoms with Crippen LogP contribution in [0.5, 0.6) is 0 Å². The highest BCUT2D eigenvalue weighted by Crippen LogP contribution is 2.29. The molecule has 0 saturated heterocycles. The largest absolute Gasteiger partial charge is 0.294 e. The van der Waals surface area contributed by atoms with Crippen LogP contribution in [-0.4, -0.2) is 5.78 Å². The summed E-state index contributed by atoms with van der Waals surface area (Å²) in [7, 11) is 0. The minimum Gasteiger partial charge on any atom is -0.294 e. The van der Waals surface area contributed by atoms with Crippen molar-refractivity contribution in [2.45, 2.75) is 19.8 Å². The zero-order chi connectivity index (χ0) is 8.72. The van der Waals surface area contributed by atoms with Crippen molar-refractivity contribution in [3.63, 3.8) is 0 Å². The van der Waals surface area contributed by atoms with Gasteiger partial charge < -0.3 is 0 Å². The van der Waals surface area contributed by atoms with Gasteiger partial charge in [-0.1, -0.05) is 15.9 Å². The minimum absolute atomic E-state index is 0. The van der Waals surface area contributed by atoms with Crippen LogP contribution in [-0.2, 0) is 6.42 Å². The topological polar surface area (TPSA) is 17.1 Å². The van der Waals surface area contributed by atoms with E-state index in [9.17, 15) is 4.79 Å². The van der Waals surface area contributed by atoms with Gasteiger partial charge in [0.25, 0.3) is 0 Å². The van der Waals surface area contributed by atoms with Crippen molar-refractivity contribution < 1.29 is 4.79 Å². The van der Waals surface area contributed by atoms with E-state index in [1.807, 2.05) is 12.1 Å². The highest BCUT2D eigenvalue weighted by atomic mass is 79.9. The molecule has 0 unspecified atom stereocenters. The number of ketones is 1. The van der Waals surface area contributed by atoms with Gasteiger partial charge in [0.2, 0.25) is 0 Å². The summed E-state index contributed by atoms with van der Waals surface area (Å²) in [6.07, 6.45) is 1.60. The summed E-state index contributed by atoms with van der Waals surface area (Å²) in [4.78, 5) is 11.3. The van der Waals surface area contributed by atoms with E-state index in [0.717, 1.165) is 16.5 Å². The Kier molecular flexibility index (Phi) is 3.14. The van der Waals surface area contributed by atoms with E-state index in [-0.39, 0.29) is 12.4 Å². The maximum absolute atomic E-state index is 11.3. The van der Waals surface area contributed by atoms with Crippen molar-refractivity contribution in [3.05, 3.63) is 33.3 Å². The second kappa shape index (κ2) is 3.81. The second-order valence-electron chi connectivity index (χ2n) is 3.12. The molecular weight excluding hydrogens is 251 g/mol. The van der Waals surface area contributed by atoms with E-state index < -0.39 is 0 Å². The van der Waals surface area contributed by atoms with Crippen LogP contribution in [0.2, 0.25) is 0 Å². The average Bonchev–Trinajstić information content (AvgIpc) is 2.41. The fraction of sp³-hybridized carbons (Fsp3) is 0.300. The Balaban J connectivity index is 0.000000845. The third-order valence-electron chi connectivity index (χ3n) is 2.43. The predicted molar refractivity (Wildman–Crippen MR) is 58.8 cm³/mol. The maximum Gasteiger partial charge on any atom is 0.163 e. The van der Waals surface area contributed by atoms with Crippen molar-refractivity contribution in [2.75, 3.05) is 0 Å². The Morgan fingerprint density at radius 3 is 2.69 bits per heavy atom. The summed E-state index contributed by atoms with van der Waals surface area (Å²) in [5.41, 5.74) is 3.38. The van der Waals surface area contributed by atoms with Gasteiger partial charge in [-0.25, -0.2) is 0 Å². The summed E-state index contributed by atoms with van der Waals surface area (Å²) in [6, 6.07) is 3.87. The number of benzene rings is 1. The van der Waals surface area contributed by atoms with Gasteiger partial charge in [0.1, 0.15) is 0 Å². The Bertz CT molecular complexity index is 360. The molecule has 0 N–H and O–H groups in total. The van der Waals surface area contributed by atoms with E-state index in [0.29, 0.717) is 12.2 Å². The quantitative estimate of drug-likeness (QED) is 0.700. The van der Waals surface area contributed by atoms with Gasteiger partial charge in [0, 0.05) is 16.5 Å². The fourth-order valence-electron chi connectivity index (χ4n) is 1.68. The van der Waals surface area contributed by atoms with Crippen LogP contribution in [0.15, 0.2) is 16.6 Å². The lowest BCUT2D eigenvalue weighted by Gasteiger charge is -2.03. The molecule has 2 rings (SSSR count). The Morgan fingerprint density at radius 2 is 2.00 bits per heavy atom. The van der Waals surface area contributed by atoms with E-state index in [1.165, 1.54) is 11.1 Å². The minimum atomic E-state index is 0. The lowest BCUT2D eigenvalue weighted by atomic mass is 10.0. The molecule has 1 aliphatic carbocycles. The van der Waals surface area contributed by atoms with Gasteiger partial charge in [0.15, 0.2) is 5.78 Å². The monoisotopic (exact) mass is 260 g/mol. The lowest BCUT2D eigenvalue weighted by molar-refractivity contribution is 0.0994. The van der Waals surface area contributed by atoms with Crippen molar-refractivity contribution in [3.8, 4) is 0 Å². The van der Waals surface area contributed by atoms with Crippen LogP contribution < -0.4 is 0 Å². The van der Waals surface area contributed by atoms with Gasteiger partial charge >= 0.3 is 0 Å². The highest BCUT2D eigenvalue weighted by Gasteiger charge is 2.21. The molecule has 0 spiro atoms. The van der Waals surface area contributed by atoms with Gasteiger partial charge in [-0.3, -0.25) is 4.79 Å². The highest BCUT2D eigenvalue weighted by molar-refractivity contribution is 9.10. The first-order chi connectivity index (χ1) is 5.70. The van der Waals surface area contributed by atoms with Crippen LogP contribution >= 0.6 is 28.3 Å². The molecule has 1 aliphatic rings. The second-order valence-corrected chi connectivity index (χ2v) is 3.98. The van der Waals surface area contributed by atoms with Gasteiger partial charge in [0.05, 0.1) is 0 Å². The summed E-state index contributed by atoms with van der Waals surface area (Å²) in [5, 5.41) is 0. The van der Waals surface area contributed by atoms with Gasteiger partial charge in [-0.05, 0) is 36.6 Å². The third-order valence-corrected chi connectivity index (χ3v) is 3.29. The molecule has 0 heterocycles. The number of Topliss-reactive ketones (excluding diaryl/α,β-unsaturated/α-hetero) is 1. The number of rotatable bonds is 0. The molecule has 0 radical (unpaired) electrons. The number of hydrogen-bond acceptors (Lipinski definition) is 1. The first-order valence-electron chi connectivity index (χ1n) is 4.01. The molecule has 1 aromatic rings.